The lowest BCUT2D eigenvalue weighted by atomic mass is 9.77. The fourth-order valence-electron chi connectivity index (χ4n) is 5.92. The quantitative estimate of drug-likeness (QED) is 0.174. The second-order valence-electron chi connectivity index (χ2n) is 14.8. The van der Waals surface area contributed by atoms with Gasteiger partial charge in [-0.05, 0) is 50.2 Å². The summed E-state index contributed by atoms with van der Waals surface area (Å²) in [5.74, 6) is -2.60. The number of aromatic nitrogens is 1. The standard InChI is InChI=1S/C38H59N5O7/c1-13-49-30(44)20-19-27(36(48)50-14-2)40-33(45)24(5)21-29(23(3)4)43(12)35(47)32(37(6,7)8)41-34(46)31(39)38(9,10)26-22-42(11)28-18-16-15-17-25(26)28/h15-18,21-23,27,29,31-32H,13-14,19-20,39H2,1-12H3,(H,40,45)(H,41,46)/b24-21+/t27-,29-,31-,32-/m1/s1. The van der Waals surface area contributed by atoms with Crippen LogP contribution in [0, 0.1) is 11.3 Å². The number of likely N-dealkylation sites (N-methyl/N-ethyl adjacent to an activating group) is 1. The van der Waals surface area contributed by atoms with Crippen molar-refractivity contribution in [2.75, 3.05) is 20.3 Å². The van der Waals surface area contributed by atoms with Crippen molar-refractivity contribution < 1.29 is 33.4 Å². The molecule has 0 spiro atoms. The molecule has 0 aliphatic heterocycles. The van der Waals surface area contributed by atoms with E-state index in [4.69, 9.17) is 15.2 Å². The summed E-state index contributed by atoms with van der Waals surface area (Å²) >= 11 is 0. The Morgan fingerprint density at radius 1 is 0.980 bits per heavy atom. The van der Waals surface area contributed by atoms with Crippen molar-refractivity contribution in [1.29, 1.82) is 0 Å². The second kappa shape index (κ2) is 17.6. The highest BCUT2D eigenvalue weighted by Gasteiger charge is 2.41. The zero-order chi connectivity index (χ0) is 38.1. The van der Waals surface area contributed by atoms with Gasteiger partial charge in [0, 0.05) is 48.6 Å². The van der Waals surface area contributed by atoms with Gasteiger partial charge in [0.05, 0.1) is 25.3 Å². The molecule has 0 aliphatic carbocycles. The van der Waals surface area contributed by atoms with Gasteiger partial charge in [-0.3, -0.25) is 19.2 Å². The summed E-state index contributed by atoms with van der Waals surface area (Å²) in [7, 11) is 3.59. The number of ether oxygens (including phenoxy) is 2. The summed E-state index contributed by atoms with van der Waals surface area (Å²) in [6, 6.07) is 4.42. The summed E-state index contributed by atoms with van der Waals surface area (Å²) < 4.78 is 12.1. The number of hydrogen-bond acceptors (Lipinski definition) is 8. The van der Waals surface area contributed by atoms with Gasteiger partial charge in [0.2, 0.25) is 17.7 Å². The molecule has 1 aromatic carbocycles. The molecule has 0 saturated carbocycles. The first kappa shape index (κ1) is 42.0. The largest absolute Gasteiger partial charge is 0.466 e. The maximum atomic E-state index is 14.2. The number of hydrogen-bond donors (Lipinski definition) is 3. The predicted octanol–water partition coefficient (Wildman–Crippen LogP) is 4.13. The van der Waals surface area contributed by atoms with E-state index in [0.29, 0.717) is 0 Å². The first-order valence-electron chi connectivity index (χ1n) is 17.4. The fraction of sp³-hybridized carbons (Fsp3) is 0.605. The van der Waals surface area contributed by atoms with Crippen LogP contribution >= 0.6 is 0 Å². The van der Waals surface area contributed by atoms with E-state index in [1.807, 2.05) is 90.5 Å². The molecule has 1 aromatic heterocycles. The third-order valence-corrected chi connectivity index (χ3v) is 9.13. The van der Waals surface area contributed by atoms with Crippen LogP contribution < -0.4 is 16.4 Å². The average molecular weight is 698 g/mol. The number of fused-ring (bicyclic) bond motifs is 1. The van der Waals surface area contributed by atoms with Crippen LogP contribution in [0.5, 0.6) is 0 Å². The van der Waals surface area contributed by atoms with Crippen molar-refractivity contribution in [1.82, 2.24) is 20.1 Å². The van der Waals surface area contributed by atoms with Gasteiger partial charge in [-0.25, -0.2) is 4.79 Å². The van der Waals surface area contributed by atoms with Crippen LogP contribution in [0.25, 0.3) is 10.9 Å². The number of para-hydroxylation sites is 1. The Balaban J connectivity index is 2.32. The molecule has 50 heavy (non-hydrogen) atoms. The molecule has 0 fully saturated rings. The first-order valence-corrected chi connectivity index (χ1v) is 17.4. The summed E-state index contributed by atoms with van der Waals surface area (Å²) in [5, 5.41) is 6.65. The van der Waals surface area contributed by atoms with Crippen molar-refractivity contribution in [3.05, 3.63) is 47.7 Å². The van der Waals surface area contributed by atoms with E-state index in [1.54, 1.807) is 33.9 Å². The van der Waals surface area contributed by atoms with Crippen LogP contribution in [0.15, 0.2) is 42.1 Å². The molecular formula is C38H59N5O7. The van der Waals surface area contributed by atoms with E-state index >= 15 is 0 Å². The molecule has 0 aliphatic rings. The SMILES string of the molecule is CCOC(=O)CC[C@@H](NC(=O)/C(C)=C/[C@H](C(C)C)N(C)C(=O)[C@@H](NC(=O)[C@@H](N)C(C)(C)c1cn(C)c2ccccc12)C(C)(C)C)C(=O)OCC. The normalized spacial score (nSPS) is 14.8. The van der Waals surface area contributed by atoms with Crippen LogP contribution in [0.4, 0.5) is 0 Å². The number of amides is 3. The Kier molecular flexibility index (Phi) is 14.8. The van der Waals surface area contributed by atoms with Gasteiger partial charge in [-0.15, -0.1) is 0 Å². The van der Waals surface area contributed by atoms with Crippen molar-refractivity contribution in [3.8, 4) is 0 Å². The minimum absolute atomic E-state index is 0.00901. The number of carbonyl (C=O) groups is 5. The zero-order valence-electron chi connectivity index (χ0n) is 32.0. The van der Waals surface area contributed by atoms with Gasteiger partial charge in [0.15, 0.2) is 0 Å². The Labute approximate surface area is 297 Å². The number of esters is 2. The second-order valence-corrected chi connectivity index (χ2v) is 14.8. The van der Waals surface area contributed by atoms with Crippen LogP contribution in [-0.4, -0.2) is 83.6 Å². The molecule has 0 unspecified atom stereocenters. The molecule has 4 N–H and O–H groups in total. The lowest BCUT2D eigenvalue weighted by Gasteiger charge is -2.39. The Bertz CT molecular complexity index is 1550. The number of benzene rings is 1. The molecule has 278 valence electrons. The van der Waals surface area contributed by atoms with Crippen molar-refractivity contribution in [3.63, 3.8) is 0 Å². The average Bonchev–Trinajstić information content (AvgIpc) is 3.39. The zero-order valence-corrected chi connectivity index (χ0v) is 32.0. The van der Waals surface area contributed by atoms with E-state index < -0.39 is 58.8 Å². The maximum absolute atomic E-state index is 14.2. The van der Waals surface area contributed by atoms with Crippen molar-refractivity contribution in [2.45, 2.75) is 112 Å². The minimum Gasteiger partial charge on any atom is -0.466 e. The highest BCUT2D eigenvalue weighted by atomic mass is 16.5. The topological polar surface area (TPSA) is 162 Å². The minimum atomic E-state index is -1.06. The molecule has 12 heteroatoms. The lowest BCUT2D eigenvalue weighted by molar-refractivity contribution is -0.148. The Hall–Kier alpha value is -4.19. The molecule has 2 aromatic rings. The number of nitrogens with zero attached hydrogens (tertiary/aromatic N) is 2. The van der Waals surface area contributed by atoms with E-state index in [-0.39, 0.29) is 43.5 Å². The lowest BCUT2D eigenvalue weighted by Crippen LogP contribution is -2.61. The molecule has 1 heterocycles. The van der Waals surface area contributed by atoms with Gasteiger partial charge in [-0.1, -0.05) is 72.7 Å². The molecular weight excluding hydrogens is 638 g/mol. The number of aryl methyl sites for hydroxylation is 1. The summed E-state index contributed by atoms with van der Waals surface area (Å²) in [5.41, 5.74) is 7.44. The number of nitrogens with one attached hydrogen (secondary N) is 2. The number of rotatable bonds is 16. The molecule has 0 bridgehead atoms. The Morgan fingerprint density at radius 2 is 1.58 bits per heavy atom. The van der Waals surface area contributed by atoms with E-state index in [9.17, 15) is 24.0 Å². The number of nitrogens with two attached hydrogens (primary N) is 1. The van der Waals surface area contributed by atoms with Crippen LogP contribution in [-0.2, 0) is 45.9 Å². The van der Waals surface area contributed by atoms with Crippen molar-refractivity contribution in [2.24, 2.45) is 24.1 Å². The number of carbonyl (C=O) groups excluding carboxylic acids is 5. The van der Waals surface area contributed by atoms with Gasteiger partial charge >= 0.3 is 11.9 Å². The fourth-order valence-corrected chi connectivity index (χ4v) is 5.92. The summed E-state index contributed by atoms with van der Waals surface area (Å²) in [6.45, 7) is 18.5. The molecule has 4 atom stereocenters. The van der Waals surface area contributed by atoms with E-state index in [2.05, 4.69) is 10.6 Å². The first-order chi connectivity index (χ1) is 23.2. The van der Waals surface area contributed by atoms with Gasteiger partial charge in [0.25, 0.3) is 0 Å². The van der Waals surface area contributed by atoms with Gasteiger partial charge < -0.3 is 35.3 Å². The molecule has 12 nitrogen and oxygen atoms in total. The molecule has 2 rings (SSSR count). The van der Waals surface area contributed by atoms with Crippen molar-refractivity contribution >= 4 is 40.6 Å². The van der Waals surface area contributed by atoms with Gasteiger partial charge in [0.1, 0.15) is 12.1 Å². The molecule has 0 radical (unpaired) electrons. The molecule has 0 saturated heterocycles. The van der Waals surface area contributed by atoms with E-state index in [1.165, 1.54) is 4.90 Å². The summed E-state index contributed by atoms with van der Waals surface area (Å²) in [4.78, 5) is 67.4. The highest BCUT2D eigenvalue weighted by Crippen LogP contribution is 2.34. The smallest absolute Gasteiger partial charge is 0.328 e. The van der Waals surface area contributed by atoms with Crippen LogP contribution in [0.2, 0.25) is 0 Å². The van der Waals surface area contributed by atoms with Crippen LogP contribution in [0.1, 0.15) is 87.6 Å². The predicted molar refractivity (Wildman–Crippen MR) is 195 cm³/mol. The van der Waals surface area contributed by atoms with Crippen LogP contribution in [0.3, 0.4) is 0 Å². The highest BCUT2D eigenvalue weighted by molar-refractivity contribution is 5.96. The third-order valence-electron chi connectivity index (χ3n) is 9.13. The maximum Gasteiger partial charge on any atom is 0.328 e. The third kappa shape index (κ3) is 10.4. The van der Waals surface area contributed by atoms with E-state index in [0.717, 1.165) is 16.5 Å². The monoisotopic (exact) mass is 697 g/mol. The Morgan fingerprint density at radius 3 is 2.14 bits per heavy atom. The van der Waals surface area contributed by atoms with Gasteiger partial charge in [-0.2, -0.15) is 0 Å². The summed E-state index contributed by atoms with van der Waals surface area (Å²) in [6.07, 6.45) is 3.59. The molecule has 3 amide bonds.